The van der Waals surface area contributed by atoms with Crippen LogP contribution < -0.4 is 0 Å². The summed E-state index contributed by atoms with van der Waals surface area (Å²) in [5.74, 6) is 0.242. The average Bonchev–Trinajstić information content (AvgIpc) is 2.16. The maximum atomic E-state index is 11.3. The number of halogens is 1. The molecule has 0 saturated heterocycles. The van der Waals surface area contributed by atoms with E-state index in [4.69, 9.17) is 0 Å². The number of carbonyl (C=O) groups is 1. The van der Waals surface area contributed by atoms with E-state index < -0.39 is 0 Å². The highest BCUT2D eigenvalue weighted by Crippen LogP contribution is 2.12. The molecule has 0 radical (unpaired) electrons. The summed E-state index contributed by atoms with van der Waals surface area (Å²) in [7, 11) is 0. The third-order valence-corrected chi connectivity index (χ3v) is 2.88. The van der Waals surface area contributed by atoms with Crippen LogP contribution in [-0.2, 0) is 11.2 Å². The zero-order chi connectivity index (χ0) is 10.6. The lowest BCUT2D eigenvalue weighted by Gasteiger charge is -2.07. The van der Waals surface area contributed by atoms with Crippen LogP contribution in [0.1, 0.15) is 24.5 Å². The van der Waals surface area contributed by atoms with E-state index in [1.807, 2.05) is 26.2 Å². The van der Waals surface area contributed by atoms with Gasteiger partial charge in [0.05, 0.1) is 4.83 Å². The zero-order valence-corrected chi connectivity index (χ0v) is 10.0. The molecule has 14 heavy (non-hydrogen) atoms. The predicted octanol–water partition coefficient (Wildman–Crippen LogP) is 2.68. The average molecular weight is 256 g/mol. The number of hydrogen-bond donors (Lipinski definition) is 0. The second-order valence-electron chi connectivity index (χ2n) is 3.36. The number of hydrogen-bond acceptors (Lipinski definition) is 2. The first-order valence-corrected chi connectivity index (χ1v) is 5.62. The van der Waals surface area contributed by atoms with Gasteiger partial charge in [-0.15, -0.1) is 0 Å². The molecule has 3 heteroatoms. The number of nitrogens with zero attached hydrogens (tertiary/aromatic N) is 1. The van der Waals surface area contributed by atoms with Gasteiger partial charge in [-0.25, -0.2) is 0 Å². The van der Waals surface area contributed by atoms with E-state index in [1.165, 1.54) is 0 Å². The largest absolute Gasteiger partial charge is 0.298 e. The van der Waals surface area contributed by atoms with Crippen LogP contribution in [0.5, 0.6) is 0 Å². The lowest BCUT2D eigenvalue weighted by atomic mass is 10.1. The molecule has 0 aliphatic heterocycles. The molecule has 0 N–H and O–H groups in total. The van der Waals surface area contributed by atoms with Crippen molar-refractivity contribution in [2.24, 2.45) is 0 Å². The fourth-order valence-corrected chi connectivity index (χ4v) is 1.97. The van der Waals surface area contributed by atoms with Crippen molar-refractivity contribution in [1.82, 2.24) is 4.98 Å². The Balaban J connectivity index is 2.64. The Hall–Kier alpha value is -0.700. The minimum atomic E-state index is -0.0731. The molecule has 1 aromatic rings. The molecule has 1 heterocycles. The second kappa shape index (κ2) is 5.25. The van der Waals surface area contributed by atoms with E-state index in [-0.39, 0.29) is 10.6 Å². The molecule has 1 rings (SSSR count). The molecule has 1 aromatic heterocycles. The fraction of sp³-hybridized carbons (Fsp3) is 0.455. The molecule has 1 unspecified atom stereocenters. The van der Waals surface area contributed by atoms with Crippen LogP contribution >= 0.6 is 15.9 Å². The Morgan fingerprint density at radius 2 is 2.29 bits per heavy atom. The van der Waals surface area contributed by atoms with Gasteiger partial charge in [0.25, 0.3) is 0 Å². The predicted molar refractivity (Wildman–Crippen MR) is 60.7 cm³/mol. The minimum Gasteiger partial charge on any atom is -0.298 e. The summed E-state index contributed by atoms with van der Waals surface area (Å²) in [4.78, 5) is 15.4. The summed E-state index contributed by atoms with van der Waals surface area (Å²) >= 11 is 3.39. The summed E-state index contributed by atoms with van der Waals surface area (Å²) in [6.07, 6.45) is 4.93. The number of Topliss-reactive ketones (excluding diaryl/α,β-unsaturated/α-hetero) is 1. The Kier molecular flexibility index (Phi) is 4.26. The number of rotatable bonds is 4. The number of aryl methyl sites for hydroxylation is 1. The molecule has 0 bridgehead atoms. The molecular weight excluding hydrogens is 242 g/mol. The SMILES string of the molecule is CCC(=O)C(Br)Cc1cncc(C)c1. The summed E-state index contributed by atoms with van der Waals surface area (Å²) in [5.41, 5.74) is 2.24. The van der Waals surface area contributed by atoms with Crippen molar-refractivity contribution >= 4 is 21.7 Å². The zero-order valence-electron chi connectivity index (χ0n) is 8.46. The smallest absolute Gasteiger partial charge is 0.146 e. The third-order valence-electron chi connectivity index (χ3n) is 2.04. The minimum absolute atomic E-state index is 0.0731. The maximum absolute atomic E-state index is 11.3. The summed E-state index contributed by atoms with van der Waals surface area (Å²) in [6, 6.07) is 2.06. The van der Waals surface area contributed by atoms with Crippen LogP contribution in [-0.4, -0.2) is 15.6 Å². The number of carbonyl (C=O) groups excluding carboxylic acids is 1. The van der Waals surface area contributed by atoms with Gasteiger partial charge < -0.3 is 0 Å². The lowest BCUT2D eigenvalue weighted by Crippen LogP contribution is -2.15. The normalized spacial score (nSPS) is 12.5. The van der Waals surface area contributed by atoms with E-state index in [0.29, 0.717) is 6.42 Å². The van der Waals surface area contributed by atoms with Gasteiger partial charge in [0, 0.05) is 18.8 Å². The van der Waals surface area contributed by atoms with Crippen molar-refractivity contribution in [3.8, 4) is 0 Å². The highest BCUT2D eigenvalue weighted by molar-refractivity contribution is 9.10. The quantitative estimate of drug-likeness (QED) is 0.775. The van der Waals surface area contributed by atoms with Crippen LogP contribution in [0.25, 0.3) is 0 Å². The van der Waals surface area contributed by atoms with E-state index >= 15 is 0 Å². The fourth-order valence-electron chi connectivity index (χ4n) is 1.27. The van der Waals surface area contributed by atoms with Gasteiger partial charge in [0.1, 0.15) is 5.78 Å². The van der Waals surface area contributed by atoms with Crippen molar-refractivity contribution in [2.75, 3.05) is 0 Å². The van der Waals surface area contributed by atoms with Gasteiger partial charge in [-0.3, -0.25) is 9.78 Å². The molecule has 0 saturated carbocycles. The monoisotopic (exact) mass is 255 g/mol. The number of alkyl halides is 1. The molecule has 0 fully saturated rings. The Morgan fingerprint density at radius 1 is 1.57 bits per heavy atom. The molecular formula is C11H14BrNO. The first-order valence-electron chi connectivity index (χ1n) is 4.70. The highest BCUT2D eigenvalue weighted by Gasteiger charge is 2.13. The Labute approximate surface area is 92.9 Å². The van der Waals surface area contributed by atoms with Crippen LogP contribution in [0, 0.1) is 6.92 Å². The van der Waals surface area contributed by atoms with Crippen molar-refractivity contribution in [2.45, 2.75) is 31.5 Å². The Morgan fingerprint density at radius 3 is 2.86 bits per heavy atom. The molecule has 2 nitrogen and oxygen atoms in total. The summed E-state index contributed by atoms with van der Waals surface area (Å²) in [6.45, 7) is 3.88. The Bertz CT molecular complexity index is 325. The topological polar surface area (TPSA) is 30.0 Å². The van der Waals surface area contributed by atoms with E-state index in [2.05, 4.69) is 27.0 Å². The summed E-state index contributed by atoms with van der Waals surface area (Å²) < 4.78 is 0. The molecule has 0 aromatic carbocycles. The molecule has 0 aliphatic carbocycles. The van der Waals surface area contributed by atoms with Gasteiger partial charge in [-0.2, -0.15) is 0 Å². The van der Waals surface area contributed by atoms with Crippen LogP contribution in [0.3, 0.4) is 0 Å². The molecule has 1 atom stereocenters. The molecule has 0 aliphatic rings. The summed E-state index contributed by atoms with van der Waals surface area (Å²) in [5, 5.41) is 0. The first kappa shape index (κ1) is 11.4. The van der Waals surface area contributed by atoms with E-state index in [1.54, 1.807) is 0 Å². The second-order valence-corrected chi connectivity index (χ2v) is 4.47. The van der Waals surface area contributed by atoms with Gasteiger partial charge in [0.2, 0.25) is 0 Å². The highest BCUT2D eigenvalue weighted by atomic mass is 79.9. The lowest BCUT2D eigenvalue weighted by molar-refractivity contribution is -0.118. The number of pyridine rings is 1. The van der Waals surface area contributed by atoms with E-state index in [9.17, 15) is 4.79 Å². The van der Waals surface area contributed by atoms with Crippen LogP contribution in [0.4, 0.5) is 0 Å². The van der Waals surface area contributed by atoms with Gasteiger partial charge >= 0.3 is 0 Å². The molecule has 0 spiro atoms. The van der Waals surface area contributed by atoms with Crippen molar-refractivity contribution < 1.29 is 4.79 Å². The van der Waals surface area contributed by atoms with Gasteiger partial charge in [-0.05, 0) is 24.5 Å². The van der Waals surface area contributed by atoms with Gasteiger partial charge in [0.15, 0.2) is 0 Å². The number of aromatic nitrogens is 1. The van der Waals surface area contributed by atoms with Crippen molar-refractivity contribution in [1.29, 1.82) is 0 Å². The van der Waals surface area contributed by atoms with Gasteiger partial charge in [-0.1, -0.05) is 28.9 Å². The standard InChI is InChI=1S/C11H14BrNO/c1-3-11(14)10(12)5-9-4-8(2)6-13-7-9/h4,6-7,10H,3,5H2,1-2H3. The van der Waals surface area contributed by atoms with Crippen LogP contribution in [0.15, 0.2) is 18.5 Å². The third kappa shape index (κ3) is 3.22. The maximum Gasteiger partial charge on any atom is 0.146 e. The first-order chi connectivity index (χ1) is 6.63. The van der Waals surface area contributed by atoms with Crippen molar-refractivity contribution in [3.05, 3.63) is 29.6 Å². The van der Waals surface area contributed by atoms with Crippen molar-refractivity contribution in [3.63, 3.8) is 0 Å². The number of ketones is 1. The molecule has 0 amide bonds. The van der Waals surface area contributed by atoms with Crippen LogP contribution in [0.2, 0.25) is 0 Å². The molecule has 76 valence electrons. The van der Waals surface area contributed by atoms with E-state index in [0.717, 1.165) is 17.5 Å².